The molecular weight excluding hydrogens is 256 g/mol. The van der Waals surface area contributed by atoms with E-state index in [-0.39, 0.29) is 11.6 Å². The summed E-state index contributed by atoms with van der Waals surface area (Å²) >= 11 is 0. The average molecular weight is 276 g/mol. The van der Waals surface area contributed by atoms with Crippen LogP contribution in [0.2, 0.25) is 0 Å². The van der Waals surface area contributed by atoms with Crippen LogP contribution >= 0.6 is 0 Å². The van der Waals surface area contributed by atoms with Gasteiger partial charge >= 0.3 is 0 Å². The SMILES string of the molecule is CN=C1C(=O)C(N2CC2C)C(=NC)C(=O)C1N1CC1C. The van der Waals surface area contributed by atoms with Gasteiger partial charge in [0.05, 0.1) is 0 Å². The molecule has 6 nitrogen and oxygen atoms in total. The normalized spacial score (nSPS) is 48.0. The van der Waals surface area contributed by atoms with Crippen LogP contribution in [-0.2, 0) is 9.59 Å². The number of ketones is 2. The Bertz CT molecular complexity index is 491. The summed E-state index contributed by atoms with van der Waals surface area (Å²) in [5.41, 5.74) is 0.798. The number of carbonyl (C=O) groups is 2. The van der Waals surface area contributed by atoms with Crippen LogP contribution in [0.5, 0.6) is 0 Å². The van der Waals surface area contributed by atoms with Gasteiger partial charge in [-0.25, -0.2) is 0 Å². The van der Waals surface area contributed by atoms with Crippen molar-refractivity contribution in [2.75, 3.05) is 27.2 Å². The first kappa shape index (κ1) is 13.6. The Morgan fingerprint density at radius 1 is 0.850 bits per heavy atom. The molecule has 0 bridgehead atoms. The summed E-state index contributed by atoms with van der Waals surface area (Å²) in [5.74, 6) is -0.109. The minimum atomic E-state index is -0.521. The number of carbonyl (C=O) groups excluding carboxylic acids is 2. The van der Waals surface area contributed by atoms with Gasteiger partial charge in [0.25, 0.3) is 0 Å². The number of hydrogen-bond donors (Lipinski definition) is 0. The maximum absolute atomic E-state index is 12.7. The lowest BCUT2D eigenvalue weighted by Crippen LogP contribution is -2.60. The van der Waals surface area contributed by atoms with Crippen LogP contribution in [0.25, 0.3) is 0 Å². The monoisotopic (exact) mass is 276 g/mol. The summed E-state index contributed by atoms with van der Waals surface area (Å²) < 4.78 is 0. The van der Waals surface area contributed by atoms with Crippen LogP contribution in [0.4, 0.5) is 0 Å². The van der Waals surface area contributed by atoms with Crippen molar-refractivity contribution in [3.8, 4) is 0 Å². The Kier molecular flexibility index (Phi) is 3.10. The molecule has 6 heteroatoms. The number of hydrogen-bond acceptors (Lipinski definition) is 6. The molecule has 108 valence electrons. The predicted molar refractivity (Wildman–Crippen MR) is 76.6 cm³/mol. The van der Waals surface area contributed by atoms with Gasteiger partial charge in [-0.15, -0.1) is 0 Å². The maximum Gasteiger partial charge on any atom is 0.202 e. The minimum Gasteiger partial charge on any atom is -0.290 e. The molecule has 0 aromatic heterocycles. The molecule has 20 heavy (non-hydrogen) atoms. The summed E-state index contributed by atoms with van der Waals surface area (Å²) in [4.78, 5) is 37.7. The van der Waals surface area contributed by atoms with Crippen LogP contribution in [0.1, 0.15) is 13.8 Å². The number of nitrogens with zero attached hydrogens (tertiary/aromatic N) is 4. The summed E-state index contributed by atoms with van der Waals surface area (Å²) in [7, 11) is 3.19. The van der Waals surface area contributed by atoms with Gasteiger partial charge in [0.15, 0.2) is 0 Å². The van der Waals surface area contributed by atoms with Gasteiger partial charge in [-0.3, -0.25) is 29.4 Å². The van der Waals surface area contributed by atoms with Gasteiger partial charge in [0.2, 0.25) is 11.6 Å². The zero-order valence-electron chi connectivity index (χ0n) is 12.3. The lowest BCUT2D eigenvalue weighted by Gasteiger charge is -2.31. The highest BCUT2D eigenvalue weighted by atomic mass is 16.1. The molecule has 0 amide bonds. The average Bonchev–Trinajstić information content (AvgIpc) is 3.30. The highest BCUT2D eigenvalue weighted by Crippen LogP contribution is 2.31. The third-order valence-corrected chi connectivity index (χ3v) is 4.48. The van der Waals surface area contributed by atoms with Crippen molar-refractivity contribution in [1.82, 2.24) is 9.80 Å². The lowest BCUT2D eigenvalue weighted by molar-refractivity contribution is -0.120. The van der Waals surface area contributed by atoms with Crippen molar-refractivity contribution in [2.24, 2.45) is 9.98 Å². The van der Waals surface area contributed by atoms with Crippen molar-refractivity contribution in [1.29, 1.82) is 0 Å². The third-order valence-electron chi connectivity index (χ3n) is 4.48. The Morgan fingerprint density at radius 2 is 1.15 bits per heavy atom. The lowest BCUT2D eigenvalue weighted by atomic mass is 9.84. The molecule has 1 saturated carbocycles. The molecule has 6 atom stereocenters. The first-order chi connectivity index (χ1) is 9.51. The second kappa shape index (κ2) is 4.56. The molecule has 0 aromatic carbocycles. The molecular formula is C14H20N4O2. The fraction of sp³-hybridized carbons (Fsp3) is 0.714. The van der Waals surface area contributed by atoms with Crippen LogP contribution in [0.15, 0.2) is 9.98 Å². The van der Waals surface area contributed by atoms with E-state index in [9.17, 15) is 9.59 Å². The van der Waals surface area contributed by atoms with Crippen molar-refractivity contribution >= 4 is 23.0 Å². The summed E-state index contributed by atoms with van der Waals surface area (Å²) in [6, 6.07) is -0.368. The molecule has 2 saturated heterocycles. The molecule has 0 spiro atoms. The minimum absolute atomic E-state index is 0.0545. The topological polar surface area (TPSA) is 64.9 Å². The Morgan fingerprint density at radius 3 is 1.35 bits per heavy atom. The molecule has 3 fully saturated rings. The van der Waals surface area contributed by atoms with E-state index in [0.29, 0.717) is 23.5 Å². The van der Waals surface area contributed by atoms with Crippen molar-refractivity contribution in [3.05, 3.63) is 0 Å². The van der Waals surface area contributed by atoms with Crippen LogP contribution in [-0.4, -0.2) is 84.1 Å². The molecule has 3 rings (SSSR count). The molecule has 2 heterocycles. The molecule has 1 aliphatic carbocycles. The maximum atomic E-state index is 12.7. The number of rotatable bonds is 2. The Labute approximate surface area is 118 Å². The zero-order chi connectivity index (χ0) is 14.6. The largest absolute Gasteiger partial charge is 0.290 e. The summed E-state index contributed by atoms with van der Waals surface area (Å²) in [6.07, 6.45) is 0. The first-order valence-corrected chi connectivity index (χ1v) is 7.04. The van der Waals surface area contributed by atoms with E-state index in [1.54, 1.807) is 14.1 Å². The Hall–Kier alpha value is -1.40. The summed E-state index contributed by atoms with van der Waals surface area (Å²) in [6.45, 7) is 5.77. The van der Waals surface area contributed by atoms with E-state index in [2.05, 4.69) is 9.98 Å². The van der Waals surface area contributed by atoms with E-state index >= 15 is 0 Å². The van der Waals surface area contributed by atoms with Crippen molar-refractivity contribution < 1.29 is 9.59 Å². The molecule has 2 aliphatic heterocycles. The van der Waals surface area contributed by atoms with Gasteiger partial charge in [-0.2, -0.15) is 0 Å². The van der Waals surface area contributed by atoms with Crippen molar-refractivity contribution in [3.63, 3.8) is 0 Å². The van der Waals surface area contributed by atoms with E-state index in [4.69, 9.17) is 0 Å². The van der Waals surface area contributed by atoms with Crippen LogP contribution in [0, 0.1) is 0 Å². The highest BCUT2D eigenvalue weighted by Gasteiger charge is 2.56. The van der Waals surface area contributed by atoms with Gasteiger partial charge in [-0.1, -0.05) is 0 Å². The molecule has 3 aliphatic rings. The highest BCUT2D eigenvalue weighted by molar-refractivity contribution is 6.66. The van der Waals surface area contributed by atoms with Crippen LogP contribution < -0.4 is 0 Å². The standard InChI is InChI=1S/C14H20N4O2/c1-7-5-17(7)11-9(15-3)14(20)12(18-6-8(18)2)10(16-4)13(11)19/h7-8,11-12H,5-6H2,1-4H3. The quantitative estimate of drug-likeness (QED) is 0.633. The van der Waals surface area contributed by atoms with Gasteiger partial charge in [0, 0.05) is 39.3 Å². The smallest absolute Gasteiger partial charge is 0.202 e. The van der Waals surface area contributed by atoms with E-state index in [1.165, 1.54) is 0 Å². The summed E-state index contributed by atoms with van der Waals surface area (Å²) in [5, 5.41) is 0. The Balaban J connectivity index is 1.98. The van der Waals surface area contributed by atoms with Gasteiger partial charge in [0.1, 0.15) is 23.5 Å². The number of aliphatic imine (C=N–C) groups is 2. The van der Waals surface area contributed by atoms with E-state index in [0.717, 1.165) is 13.1 Å². The number of Topliss-reactive ketones (excluding diaryl/α,β-unsaturated/α-hetero) is 2. The zero-order valence-corrected chi connectivity index (χ0v) is 12.3. The third kappa shape index (κ3) is 1.86. The predicted octanol–water partition coefficient (Wildman–Crippen LogP) is -0.575. The first-order valence-electron chi connectivity index (χ1n) is 7.04. The second-order valence-electron chi connectivity index (χ2n) is 5.84. The molecule has 6 unspecified atom stereocenters. The second-order valence-corrected chi connectivity index (χ2v) is 5.84. The molecule has 0 N–H and O–H groups in total. The van der Waals surface area contributed by atoms with Crippen LogP contribution in [0.3, 0.4) is 0 Å². The van der Waals surface area contributed by atoms with E-state index in [1.807, 2.05) is 23.6 Å². The van der Waals surface area contributed by atoms with E-state index < -0.39 is 12.1 Å². The molecule has 0 radical (unpaired) electrons. The van der Waals surface area contributed by atoms with Crippen molar-refractivity contribution in [2.45, 2.75) is 38.0 Å². The van der Waals surface area contributed by atoms with Gasteiger partial charge in [-0.05, 0) is 13.8 Å². The fourth-order valence-corrected chi connectivity index (χ4v) is 3.11. The molecule has 0 aromatic rings. The fourth-order valence-electron chi connectivity index (χ4n) is 3.11. The van der Waals surface area contributed by atoms with Gasteiger partial charge < -0.3 is 0 Å².